The van der Waals surface area contributed by atoms with E-state index in [2.05, 4.69) is 5.32 Å². The predicted molar refractivity (Wildman–Crippen MR) is 76.6 cm³/mol. The summed E-state index contributed by atoms with van der Waals surface area (Å²) in [7, 11) is -2.96. The molecule has 0 bridgehead atoms. The van der Waals surface area contributed by atoms with E-state index in [9.17, 15) is 12.8 Å². The molecule has 0 saturated heterocycles. The van der Waals surface area contributed by atoms with Crippen LogP contribution in [0.25, 0.3) is 0 Å². The first-order chi connectivity index (χ1) is 8.98. The molecule has 0 heterocycles. The Kier molecular flexibility index (Phi) is 6.45. The second kappa shape index (κ2) is 7.60. The van der Waals surface area contributed by atoms with Gasteiger partial charge in [-0.05, 0) is 36.6 Å². The van der Waals surface area contributed by atoms with E-state index in [1.165, 1.54) is 12.1 Å². The SMILES string of the molecule is CCNCC(CCS(=O)(=O)CC)c1ccc(F)cc1. The highest BCUT2D eigenvalue weighted by molar-refractivity contribution is 7.91. The Morgan fingerprint density at radius 3 is 2.37 bits per heavy atom. The van der Waals surface area contributed by atoms with Crippen molar-refractivity contribution in [2.45, 2.75) is 26.2 Å². The van der Waals surface area contributed by atoms with E-state index in [1.54, 1.807) is 19.1 Å². The van der Waals surface area contributed by atoms with E-state index in [0.29, 0.717) is 13.0 Å². The summed E-state index contributed by atoms with van der Waals surface area (Å²) >= 11 is 0. The standard InChI is InChI=1S/C14H22FNO2S/c1-3-16-11-13(9-10-19(17,18)4-2)12-5-7-14(15)8-6-12/h5-8,13,16H,3-4,9-11H2,1-2H3. The largest absolute Gasteiger partial charge is 0.316 e. The molecule has 0 radical (unpaired) electrons. The van der Waals surface area contributed by atoms with Gasteiger partial charge in [-0.2, -0.15) is 0 Å². The highest BCUT2D eigenvalue weighted by Crippen LogP contribution is 2.20. The fourth-order valence-electron chi connectivity index (χ4n) is 1.91. The summed E-state index contributed by atoms with van der Waals surface area (Å²) in [5, 5.41) is 3.23. The number of rotatable bonds is 8. The maximum Gasteiger partial charge on any atom is 0.150 e. The van der Waals surface area contributed by atoms with Gasteiger partial charge < -0.3 is 5.32 Å². The number of hydrogen-bond donors (Lipinski definition) is 1. The Bertz CT molecular complexity index is 471. The topological polar surface area (TPSA) is 46.2 Å². The molecule has 1 atom stereocenters. The van der Waals surface area contributed by atoms with Crippen LogP contribution < -0.4 is 5.32 Å². The number of nitrogens with one attached hydrogen (secondary N) is 1. The van der Waals surface area contributed by atoms with Gasteiger partial charge in [-0.1, -0.05) is 26.0 Å². The normalized spacial score (nSPS) is 13.4. The van der Waals surface area contributed by atoms with Crippen LogP contribution in [0, 0.1) is 5.82 Å². The summed E-state index contributed by atoms with van der Waals surface area (Å²) in [5.41, 5.74) is 0.980. The van der Waals surface area contributed by atoms with Gasteiger partial charge >= 0.3 is 0 Å². The first kappa shape index (κ1) is 16.1. The lowest BCUT2D eigenvalue weighted by molar-refractivity contribution is 0.562. The molecule has 1 aromatic carbocycles. The fraction of sp³-hybridized carbons (Fsp3) is 0.571. The first-order valence-corrected chi connectivity index (χ1v) is 8.47. The Morgan fingerprint density at radius 2 is 1.84 bits per heavy atom. The van der Waals surface area contributed by atoms with E-state index >= 15 is 0 Å². The molecule has 19 heavy (non-hydrogen) atoms. The van der Waals surface area contributed by atoms with E-state index in [0.717, 1.165) is 12.1 Å². The van der Waals surface area contributed by atoms with Crippen LogP contribution in [0.5, 0.6) is 0 Å². The zero-order valence-electron chi connectivity index (χ0n) is 11.5. The van der Waals surface area contributed by atoms with Gasteiger partial charge in [0.2, 0.25) is 0 Å². The van der Waals surface area contributed by atoms with Crippen LogP contribution in [0.3, 0.4) is 0 Å². The van der Waals surface area contributed by atoms with Crippen molar-refractivity contribution < 1.29 is 12.8 Å². The molecular weight excluding hydrogens is 265 g/mol. The second-order valence-electron chi connectivity index (χ2n) is 4.58. The summed E-state index contributed by atoms with van der Waals surface area (Å²) in [6.45, 7) is 5.20. The summed E-state index contributed by atoms with van der Waals surface area (Å²) < 4.78 is 36.1. The lowest BCUT2D eigenvalue weighted by Gasteiger charge is -2.17. The monoisotopic (exact) mass is 287 g/mol. The summed E-state index contributed by atoms with van der Waals surface area (Å²) in [6.07, 6.45) is 0.564. The van der Waals surface area contributed by atoms with Crippen LogP contribution in [0.15, 0.2) is 24.3 Å². The maximum atomic E-state index is 12.9. The fourth-order valence-corrected chi connectivity index (χ4v) is 2.84. The van der Waals surface area contributed by atoms with E-state index in [-0.39, 0.29) is 23.2 Å². The molecule has 0 aliphatic rings. The van der Waals surface area contributed by atoms with E-state index < -0.39 is 9.84 Å². The predicted octanol–water partition coefficient (Wildman–Crippen LogP) is 2.34. The molecule has 108 valence electrons. The van der Waals surface area contributed by atoms with Gasteiger partial charge in [-0.15, -0.1) is 0 Å². The van der Waals surface area contributed by atoms with Crippen LogP contribution in [0.1, 0.15) is 31.7 Å². The average molecular weight is 287 g/mol. The minimum atomic E-state index is -2.96. The summed E-state index contributed by atoms with van der Waals surface area (Å²) in [6, 6.07) is 6.30. The molecule has 0 saturated carbocycles. The quantitative estimate of drug-likeness (QED) is 0.798. The zero-order chi connectivity index (χ0) is 14.3. The molecule has 0 aromatic heterocycles. The van der Waals surface area contributed by atoms with Gasteiger partial charge in [-0.3, -0.25) is 0 Å². The van der Waals surface area contributed by atoms with Gasteiger partial charge in [0, 0.05) is 12.3 Å². The van der Waals surface area contributed by atoms with Gasteiger partial charge in [0.05, 0.1) is 5.75 Å². The van der Waals surface area contributed by atoms with E-state index in [4.69, 9.17) is 0 Å². The minimum absolute atomic E-state index is 0.0990. The van der Waals surface area contributed by atoms with Crippen LogP contribution in [-0.2, 0) is 9.84 Å². The number of halogens is 1. The molecule has 3 nitrogen and oxygen atoms in total. The van der Waals surface area contributed by atoms with Crippen molar-refractivity contribution in [2.24, 2.45) is 0 Å². The Labute approximate surface area is 115 Å². The Hall–Kier alpha value is -0.940. The van der Waals surface area contributed by atoms with Gasteiger partial charge in [0.15, 0.2) is 0 Å². The van der Waals surface area contributed by atoms with Crippen molar-refractivity contribution >= 4 is 9.84 Å². The van der Waals surface area contributed by atoms with Gasteiger partial charge in [-0.25, -0.2) is 12.8 Å². The van der Waals surface area contributed by atoms with Gasteiger partial charge in [0.25, 0.3) is 0 Å². The molecule has 1 N–H and O–H groups in total. The molecule has 1 unspecified atom stereocenters. The van der Waals surface area contributed by atoms with Crippen molar-refractivity contribution in [3.63, 3.8) is 0 Å². The maximum absolute atomic E-state index is 12.9. The molecule has 0 aliphatic heterocycles. The van der Waals surface area contributed by atoms with Crippen LogP contribution in [0.2, 0.25) is 0 Å². The van der Waals surface area contributed by atoms with Crippen LogP contribution >= 0.6 is 0 Å². The zero-order valence-corrected chi connectivity index (χ0v) is 12.3. The van der Waals surface area contributed by atoms with E-state index in [1.807, 2.05) is 6.92 Å². The molecular formula is C14H22FNO2S. The average Bonchev–Trinajstić information content (AvgIpc) is 2.40. The van der Waals surface area contributed by atoms with Crippen molar-refractivity contribution in [2.75, 3.05) is 24.6 Å². The summed E-state index contributed by atoms with van der Waals surface area (Å²) in [4.78, 5) is 0. The number of likely N-dealkylation sites (N-methyl/N-ethyl adjacent to an activating group) is 1. The molecule has 1 rings (SSSR count). The van der Waals surface area contributed by atoms with Crippen molar-refractivity contribution in [1.82, 2.24) is 5.32 Å². The van der Waals surface area contributed by atoms with Crippen molar-refractivity contribution in [3.8, 4) is 0 Å². The smallest absolute Gasteiger partial charge is 0.150 e. The van der Waals surface area contributed by atoms with Crippen LogP contribution in [-0.4, -0.2) is 33.0 Å². The molecule has 0 spiro atoms. The molecule has 0 aliphatic carbocycles. The highest BCUT2D eigenvalue weighted by Gasteiger charge is 2.15. The van der Waals surface area contributed by atoms with Crippen LogP contribution in [0.4, 0.5) is 4.39 Å². The van der Waals surface area contributed by atoms with Crippen molar-refractivity contribution in [3.05, 3.63) is 35.6 Å². The third-order valence-corrected chi connectivity index (χ3v) is 4.94. The number of sulfone groups is 1. The Balaban J connectivity index is 2.74. The van der Waals surface area contributed by atoms with Crippen molar-refractivity contribution in [1.29, 1.82) is 0 Å². The minimum Gasteiger partial charge on any atom is -0.316 e. The highest BCUT2D eigenvalue weighted by atomic mass is 32.2. The molecule has 0 fully saturated rings. The lowest BCUT2D eigenvalue weighted by Crippen LogP contribution is -2.23. The third kappa shape index (κ3) is 5.70. The lowest BCUT2D eigenvalue weighted by atomic mass is 9.96. The first-order valence-electron chi connectivity index (χ1n) is 6.65. The summed E-state index contributed by atoms with van der Waals surface area (Å²) in [5.74, 6) is 0.176. The number of benzene rings is 1. The Morgan fingerprint density at radius 1 is 1.21 bits per heavy atom. The third-order valence-electron chi connectivity index (χ3n) is 3.20. The number of hydrogen-bond acceptors (Lipinski definition) is 3. The molecule has 5 heteroatoms. The molecule has 1 aromatic rings. The molecule has 0 amide bonds. The van der Waals surface area contributed by atoms with Gasteiger partial charge in [0.1, 0.15) is 15.7 Å². The second-order valence-corrected chi connectivity index (χ2v) is 7.05.